The summed E-state index contributed by atoms with van der Waals surface area (Å²) < 4.78 is 1.82. The van der Waals surface area contributed by atoms with Crippen LogP contribution in [0.3, 0.4) is 0 Å². The van der Waals surface area contributed by atoms with E-state index in [-0.39, 0.29) is 11.3 Å². The Hall–Kier alpha value is -1.16. The molecule has 4 heteroatoms. The Kier molecular flexibility index (Phi) is 4.09. The molecule has 1 aromatic rings. The van der Waals surface area contributed by atoms with Crippen molar-refractivity contribution in [3.63, 3.8) is 0 Å². The van der Waals surface area contributed by atoms with Crippen LogP contribution in [0.4, 0.5) is 0 Å². The zero-order valence-electron chi connectivity index (χ0n) is 12.5. The number of nitrogens with zero attached hydrogens (tertiary/aromatic N) is 3. The maximum Gasteiger partial charge on any atom is 0.142 e. The summed E-state index contributed by atoms with van der Waals surface area (Å²) in [6.45, 7) is 5.89. The molecule has 1 fully saturated rings. The predicted molar refractivity (Wildman–Crippen MR) is 75.7 cm³/mol. The summed E-state index contributed by atoms with van der Waals surface area (Å²) in [7, 11) is 4.01. The van der Waals surface area contributed by atoms with Crippen LogP contribution in [0.25, 0.3) is 0 Å². The van der Waals surface area contributed by atoms with E-state index in [4.69, 9.17) is 0 Å². The van der Waals surface area contributed by atoms with Crippen LogP contribution in [0.5, 0.6) is 0 Å². The van der Waals surface area contributed by atoms with Gasteiger partial charge in [0.25, 0.3) is 0 Å². The maximum absolute atomic E-state index is 12.4. The molecule has 1 saturated carbocycles. The topological polar surface area (TPSA) is 38.1 Å². The van der Waals surface area contributed by atoms with Crippen molar-refractivity contribution in [3.8, 4) is 0 Å². The Balaban J connectivity index is 1.91. The van der Waals surface area contributed by atoms with Crippen molar-refractivity contribution >= 4 is 5.78 Å². The summed E-state index contributed by atoms with van der Waals surface area (Å²) in [5, 5.41) is 4.18. The highest BCUT2D eigenvalue weighted by Crippen LogP contribution is 2.35. The number of carbonyl (C=O) groups excluding carboxylic acids is 1. The van der Waals surface area contributed by atoms with Gasteiger partial charge in [0.15, 0.2) is 0 Å². The van der Waals surface area contributed by atoms with Crippen molar-refractivity contribution in [1.82, 2.24) is 14.7 Å². The van der Waals surface area contributed by atoms with Crippen LogP contribution < -0.4 is 0 Å². The first-order valence-electron chi connectivity index (χ1n) is 7.09. The molecule has 1 aliphatic rings. The Morgan fingerprint density at radius 1 is 1.53 bits per heavy atom. The molecule has 0 spiro atoms. The second-order valence-electron chi connectivity index (χ2n) is 6.56. The maximum atomic E-state index is 12.4. The van der Waals surface area contributed by atoms with E-state index in [1.807, 2.05) is 24.1 Å². The summed E-state index contributed by atoms with van der Waals surface area (Å²) in [5.41, 5.74) is 1.07. The molecular weight excluding hydrogens is 238 g/mol. The predicted octanol–water partition coefficient (Wildman–Crippen LogP) is 2.25. The zero-order valence-corrected chi connectivity index (χ0v) is 12.5. The highest BCUT2D eigenvalue weighted by atomic mass is 16.1. The summed E-state index contributed by atoms with van der Waals surface area (Å²) in [6, 6.07) is 0. The van der Waals surface area contributed by atoms with E-state index in [0.717, 1.165) is 25.9 Å². The minimum atomic E-state index is -0.127. The van der Waals surface area contributed by atoms with Gasteiger partial charge < -0.3 is 4.90 Å². The van der Waals surface area contributed by atoms with Gasteiger partial charge in [-0.15, -0.1) is 0 Å². The number of hydrogen-bond donors (Lipinski definition) is 0. The van der Waals surface area contributed by atoms with E-state index in [2.05, 4.69) is 30.9 Å². The fourth-order valence-corrected chi connectivity index (χ4v) is 3.08. The number of aromatic nitrogens is 2. The number of carbonyl (C=O) groups is 1. The van der Waals surface area contributed by atoms with E-state index in [9.17, 15) is 4.79 Å². The van der Waals surface area contributed by atoms with Crippen LogP contribution in [0.15, 0.2) is 12.4 Å². The Bertz CT molecular complexity index is 450. The molecule has 2 rings (SSSR count). The Labute approximate surface area is 115 Å². The molecule has 106 valence electrons. The molecule has 19 heavy (non-hydrogen) atoms. The highest BCUT2D eigenvalue weighted by Gasteiger charge is 2.37. The summed E-state index contributed by atoms with van der Waals surface area (Å²) in [5.74, 6) is 0.641. The van der Waals surface area contributed by atoms with Gasteiger partial charge in [-0.1, -0.05) is 20.3 Å². The lowest BCUT2D eigenvalue weighted by Gasteiger charge is -2.35. The molecular formula is C15H25N3O. The smallest absolute Gasteiger partial charge is 0.142 e. The van der Waals surface area contributed by atoms with Crippen LogP contribution in [0, 0.1) is 11.3 Å². The van der Waals surface area contributed by atoms with E-state index in [0.29, 0.717) is 5.78 Å². The molecule has 0 N–H and O–H groups in total. The van der Waals surface area contributed by atoms with E-state index >= 15 is 0 Å². The molecule has 0 bridgehead atoms. The number of rotatable bonds is 4. The van der Waals surface area contributed by atoms with Crippen LogP contribution in [-0.4, -0.2) is 34.1 Å². The fraction of sp³-hybridized carbons (Fsp3) is 0.733. The normalized spacial score (nSPS) is 23.0. The quantitative estimate of drug-likeness (QED) is 0.836. The standard InChI is InChI=1S/C15H25N3O/c1-15(2)7-5-6-13(14(15)19)11-17(3)9-12-8-16-18(4)10-12/h8,10,13H,5-7,9,11H2,1-4H3. The van der Waals surface area contributed by atoms with Crippen molar-refractivity contribution in [2.24, 2.45) is 18.4 Å². The molecule has 0 aliphatic heterocycles. The second-order valence-corrected chi connectivity index (χ2v) is 6.56. The molecule has 1 aromatic heterocycles. The Morgan fingerprint density at radius 3 is 2.89 bits per heavy atom. The third-order valence-electron chi connectivity index (χ3n) is 4.14. The third-order valence-corrected chi connectivity index (χ3v) is 4.14. The SMILES string of the molecule is CN(Cc1cnn(C)c1)CC1CCCC(C)(C)C1=O. The van der Waals surface area contributed by atoms with Gasteiger partial charge in [-0.2, -0.15) is 5.10 Å². The molecule has 1 atom stereocenters. The van der Waals surface area contributed by atoms with Crippen molar-refractivity contribution < 1.29 is 4.79 Å². The molecule has 0 saturated heterocycles. The second kappa shape index (κ2) is 5.45. The van der Waals surface area contributed by atoms with E-state index in [1.54, 1.807) is 0 Å². The van der Waals surface area contributed by atoms with Crippen molar-refractivity contribution in [2.75, 3.05) is 13.6 Å². The van der Waals surface area contributed by atoms with Crippen molar-refractivity contribution in [3.05, 3.63) is 18.0 Å². The lowest BCUT2D eigenvalue weighted by atomic mass is 9.71. The lowest BCUT2D eigenvalue weighted by Crippen LogP contribution is -2.40. The Morgan fingerprint density at radius 2 is 2.26 bits per heavy atom. The monoisotopic (exact) mass is 263 g/mol. The molecule has 4 nitrogen and oxygen atoms in total. The van der Waals surface area contributed by atoms with Gasteiger partial charge in [0.2, 0.25) is 0 Å². The molecule has 1 aliphatic carbocycles. The van der Waals surface area contributed by atoms with Gasteiger partial charge in [0.1, 0.15) is 5.78 Å². The fourth-order valence-electron chi connectivity index (χ4n) is 3.08. The van der Waals surface area contributed by atoms with Crippen molar-refractivity contribution in [1.29, 1.82) is 0 Å². The molecule has 0 amide bonds. The van der Waals surface area contributed by atoms with Gasteiger partial charge in [-0.05, 0) is 19.9 Å². The van der Waals surface area contributed by atoms with E-state index < -0.39 is 0 Å². The van der Waals surface area contributed by atoms with Gasteiger partial charge in [0, 0.05) is 43.2 Å². The average Bonchev–Trinajstić information content (AvgIpc) is 2.70. The number of aryl methyl sites for hydroxylation is 1. The van der Waals surface area contributed by atoms with Crippen LogP contribution in [-0.2, 0) is 18.4 Å². The summed E-state index contributed by atoms with van der Waals surface area (Å²) in [4.78, 5) is 14.6. The largest absolute Gasteiger partial charge is 0.301 e. The molecule has 1 heterocycles. The number of Topliss-reactive ketones (excluding diaryl/α,β-unsaturated/α-hetero) is 1. The van der Waals surface area contributed by atoms with Gasteiger partial charge >= 0.3 is 0 Å². The summed E-state index contributed by atoms with van der Waals surface area (Å²) >= 11 is 0. The first kappa shape index (κ1) is 14.3. The third kappa shape index (κ3) is 3.44. The molecule has 1 unspecified atom stereocenters. The zero-order chi connectivity index (χ0) is 14.0. The first-order chi connectivity index (χ1) is 8.88. The van der Waals surface area contributed by atoms with Gasteiger partial charge in [-0.25, -0.2) is 0 Å². The first-order valence-corrected chi connectivity index (χ1v) is 7.09. The molecule has 0 aromatic carbocycles. The number of hydrogen-bond acceptors (Lipinski definition) is 3. The average molecular weight is 263 g/mol. The lowest BCUT2D eigenvalue weighted by molar-refractivity contribution is -0.134. The van der Waals surface area contributed by atoms with Crippen LogP contribution >= 0.6 is 0 Å². The minimum Gasteiger partial charge on any atom is -0.301 e. The molecule has 0 radical (unpaired) electrons. The van der Waals surface area contributed by atoms with Crippen molar-refractivity contribution in [2.45, 2.75) is 39.7 Å². The van der Waals surface area contributed by atoms with E-state index in [1.165, 1.54) is 12.0 Å². The van der Waals surface area contributed by atoms with Crippen LogP contribution in [0.1, 0.15) is 38.7 Å². The minimum absolute atomic E-state index is 0.127. The summed E-state index contributed by atoms with van der Waals surface area (Å²) in [6.07, 6.45) is 7.17. The van der Waals surface area contributed by atoms with Crippen LogP contribution in [0.2, 0.25) is 0 Å². The van der Waals surface area contributed by atoms with Gasteiger partial charge in [0.05, 0.1) is 6.20 Å². The van der Waals surface area contributed by atoms with Gasteiger partial charge in [-0.3, -0.25) is 9.48 Å². The highest BCUT2D eigenvalue weighted by molar-refractivity contribution is 5.87. The number of ketones is 1.